The van der Waals surface area contributed by atoms with E-state index < -0.39 is 54.8 Å². The first-order valence-electron chi connectivity index (χ1n) is 13.4. The second-order valence-electron chi connectivity index (χ2n) is 10.6. The summed E-state index contributed by atoms with van der Waals surface area (Å²) in [6.45, 7) is -2.94. The van der Waals surface area contributed by atoms with Crippen LogP contribution in [0.15, 0.2) is 23.8 Å². The number of nitrogen functional groups attached to an aromatic ring is 2. The monoisotopic (exact) mass is 654 g/mol. The highest BCUT2D eigenvalue weighted by molar-refractivity contribution is 8.44. The van der Waals surface area contributed by atoms with Gasteiger partial charge >= 0.3 is 6.80 Å². The van der Waals surface area contributed by atoms with Crippen LogP contribution in [0.2, 0.25) is 0 Å². The lowest BCUT2D eigenvalue weighted by atomic mass is 9.94. The molecule has 19 nitrogen and oxygen atoms in total. The maximum absolute atomic E-state index is 13.4. The van der Waals surface area contributed by atoms with E-state index in [0.29, 0.717) is 11.2 Å². The summed E-state index contributed by atoms with van der Waals surface area (Å²) < 4.78 is 45.5. The molecule has 4 aromatic heterocycles. The Morgan fingerprint density at radius 3 is 2.64 bits per heavy atom. The summed E-state index contributed by atoms with van der Waals surface area (Å²) in [4.78, 5) is 35.2. The highest BCUT2D eigenvalue weighted by atomic mass is 32.7. The Morgan fingerprint density at radius 1 is 1.18 bits per heavy atom. The molecule has 0 radical (unpaired) electrons. The Kier molecular flexibility index (Phi) is 8.14. The third kappa shape index (κ3) is 5.46. The Morgan fingerprint density at radius 2 is 1.91 bits per heavy atom. The van der Waals surface area contributed by atoms with Crippen molar-refractivity contribution in [3.63, 3.8) is 0 Å². The van der Waals surface area contributed by atoms with Gasteiger partial charge in [-0.15, -0.1) is 0 Å². The molecule has 2 aliphatic heterocycles. The van der Waals surface area contributed by atoms with Crippen molar-refractivity contribution in [3.8, 4) is 0 Å². The van der Waals surface area contributed by atoms with E-state index in [-0.39, 0.29) is 49.0 Å². The van der Waals surface area contributed by atoms with Crippen LogP contribution in [0.5, 0.6) is 0 Å². The summed E-state index contributed by atoms with van der Waals surface area (Å²) in [5.74, 6) is 0.0560. The fraction of sp³-hybridized carbons (Fsp3) is 0.565. The van der Waals surface area contributed by atoms with E-state index in [4.69, 9.17) is 34.7 Å². The first-order chi connectivity index (χ1) is 20.9. The van der Waals surface area contributed by atoms with Crippen molar-refractivity contribution in [2.75, 3.05) is 31.8 Å². The molecule has 2 aliphatic rings. The normalized spacial score (nSPS) is 30.4. The number of rotatable bonds is 10. The van der Waals surface area contributed by atoms with Crippen LogP contribution in [-0.2, 0) is 27.8 Å². The number of ether oxygens (including phenoxy) is 3. The van der Waals surface area contributed by atoms with E-state index in [1.807, 2.05) is 0 Å². The Bertz CT molecular complexity index is 1790. The van der Waals surface area contributed by atoms with Gasteiger partial charge in [-0.25, -0.2) is 24.5 Å². The summed E-state index contributed by atoms with van der Waals surface area (Å²) >= 11 is 4.15. The molecule has 0 amide bonds. The molecule has 0 spiro atoms. The predicted molar refractivity (Wildman–Crippen MR) is 155 cm³/mol. The van der Waals surface area contributed by atoms with Crippen molar-refractivity contribution < 1.29 is 38.0 Å². The molecule has 2 fully saturated rings. The SMILES string of the molecule is CO[C@H]1[C@H](n2cnc3c(N)ncnc32)OC(C)(CCOP(=O)(S)O[C@@H]2C[C@@H](CO)O[C@H]2n2cnc3c(=O)[nH]c(N)nc32)[C@H]1O. The average Bonchev–Trinajstić information content (AvgIpc) is 3.73. The van der Waals surface area contributed by atoms with Gasteiger partial charge in [0.05, 0.1) is 37.6 Å². The van der Waals surface area contributed by atoms with Crippen LogP contribution in [0.1, 0.15) is 32.2 Å². The lowest BCUT2D eigenvalue weighted by Gasteiger charge is -2.28. The fourth-order valence-corrected chi connectivity index (χ4v) is 7.03. The molecule has 0 aromatic carbocycles. The predicted octanol–water partition coefficient (Wildman–Crippen LogP) is -0.103. The van der Waals surface area contributed by atoms with Crippen molar-refractivity contribution in [2.24, 2.45) is 0 Å². The number of aliphatic hydroxyl groups is 2. The van der Waals surface area contributed by atoms with Gasteiger partial charge in [0.25, 0.3) is 5.56 Å². The number of imidazole rings is 2. The first kappa shape index (κ1) is 30.8. The number of nitrogens with one attached hydrogen (secondary N) is 1. The highest BCUT2D eigenvalue weighted by Gasteiger charge is 2.53. The van der Waals surface area contributed by atoms with Gasteiger partial charge in [0, 0.05) is 20.0 Å². The molecule has 2 unspecified atom stereocenters. The average molecular weight is 655 g/mol. The lowest BCUT2D eigenvalue weighted by molar-refractivity contribution is -0.101. The number of aromatic nitrogens is 8. The molecule has 7 N–H and O–H groups in total. The number of hydrogen-bond acceptors (Lipinski definition) is 16. The third-order valence-corrected chi connectivity index (χ3v) is 9.41. The van der Waals surface area contributed by atoms with Crippen molar-refractivity contribution in [1.82, 2.24) is 39.0 Å². The molecule has 0 bridgehead atoms. The smallest absolute Gasteiger partial charge is 0.386 e. The minimum atomic E-state index is -4.06. The number of aliphatic hydroxyl groups excluding tert-OH is 2. The Labute approximate surface area is 253 Å². The van der Waals surface area contributed by atoms with Crippen LogP contribution >= 0.6 is 19.0 Å². The van der Waals surface area contributed by atoms with Crippen molar-refractivity contribution in [1.29, 1.82) is 0 Å². The van der Waals surface area contributed by atoms with E-state index in [0.717, 1.165) is 0 Å². The fourth-order valence-electron chi connectivity index (χ4n) is 5.51. The van der Waals surface area contributed by atoms with Gasteiger partial charge in [0.2, 0.25) is 5.95 Å². The van der Waals surface area contributed by atoms with Gasteiger partial charge in [-0.2, -0.15) is 4.98 Å². The minimum absolute atomic E-state index is 0.00921. The zero-order valence-electron chi connectivity index (χ0n) is 23.5. The van der Waals surface area contributed by atoms with Crippen LogP contribution < -0.4 is 17.0 Å². The molecule has 44 heavy (non-hydrogen) atoms. The second-order valence-corrected chi connectivity index (χ2v) is 13.5. The van der Waals surface area contributed by atoms with E-state index >= 15 is 0 Å². The number of aromatic amines is 1. The van der Waals surface area contributed by atoms with Gasteiger partial charge in [-0.3, -0.25) is 23.4 Å². The number of H-pyrrole nitrogens is 1. The summed E-state index contributed by atoms with van der Waals surface area (Å²) in [7, 11) is 1.44. The largest absolute Gasteiger partial charge is 0.394 e. The molecule has 0 aliphatic carbocycles. The van der Waals surface area contributed by atoms with Gasteiger partial charge in [-0.05, 0) is 6.92 Å². The molecule has 8 atom stereocenters. The summed E-state index contributed by atoms with van der Waals surface area (Å²) in [6, 6.07) is 0. The van der Waals surface area contributed by atoms with E-state index in [9.17, 15) is 19.6 Å². The number of methoxy groups -OCH3 is 1. The number of anilines is 2. The number of hydrogen-bond donors (Lipinski definition) is 6. The summed E-state index contributed by atoms with van der Waals surface area (Å²) in [6.07, 6.45) is -1.13. The number of fused-ring (bicyclic) bond motifs is 2. The van der Waals surface area contributed by atoms with Gasteiger partial charge in [0.1, 0.15) is 30.2 Å². The van der Waals surface area contributed by atoms with Crippen molar-refractivity contribution >= 4 is 53.1 Å². The zero-order chi connectivity index (χ0) is 31.4. The maximum Gasteiger partial charge on any atom is 0.386 e. The van der Waals surface area contributed by atoms with Crippen LogP contribution in [0.3, 0.4) is 0 Å². The number of thiol groups is 1. The molecule has 2 saturated heterocycles. The quantitative estimate of drug-likeness (QED) is 0.0963. The lowest BCUT2D eigenvalue weighted by Crippen LogP contribution is -2.42. The van der Waals surface area contributed by atoms with Crippen LogP contribution in [0.25, 0.3) is 22.3 Å². The van der Waals surface area contributed by atoms with E-state index in [1.54, 1.807) is 11.5 Å². The van der Waals surface area contributed by atoms with Crippen molar-refractivity contribution in [2.45, 2.75) is 62.2 Å². The number of nitrogens with zero attached hydrogens (tertiary/aromatic N) is 7. The standard InChI is InChI=1S/C23H31N10O9PS/c1-23(15(35)14(38-2)21(41-23)32-8-28-12-16(24)26-7-27-17(12)32)3-4-39-43(37,44)42-11-5-10(6-34)40-20(11)33-9-29-13-18(33)30-22(25)31-19(13)36/h7-11,14-15,20-21,34-35H,3-6H2,1-2H3,(H,37,44)(H2,24,26,27)(H3,25,30,31,36)/t10-,11+,14+,15-,20+,21+,23?,43?/m0/s1. The topological polar surface area (TPSA) is 263 Å². The van der Waals surface area contributed by atoms with Gasteiger partial charge in [-0.1, -0.05) is 12.2 Å². The van der Waals surface area contributed by atoms with Crippen LogP contribution in [0, 0.1) is 0 Å². The minimum Gasteiger partial charge on any atom is -0.394 e. The van der Waals surface area contributed by atoms with Gasteiger partial charge < -0.3 is 40.4 Å². The summed E-state index contributed by atoms with van der Waals surface area (Å²) in [5, 5.41) is 20.9. The molecule has 21 heteroatoms. The molecule has 0 saturated carbocycles. The molecular weight excluding hydrogens is 623 g/mol. The maximum atomic E-state index is 13.4. The highest BCUT2D eigenvalue weighted by Crippen LogP contribution is 2.57. The van der Waals surface area contributed by atoms with Crippen molar-refractivity contribution in [3.05, 3.63) is 29.3 Å². The van der Waals surface area contributed by atoms with E-state index in [1.165, 1.54) is 30.7 Å². The van der Waals surface area contributed by atoms with Gasteiger partial charge in [0.15, 0.2) is 35.1 Å². The molecule has 4 aromatic rings. The molecule has 238 valence electrons. The third-order valence-electron chi connectivity index (χ3n) is 7.74. The number of nitrogens with two attached hydrogens (primary N) is 2. The zero-order valence-corrected chi connectivity index (χ0v) is 25.2. The van der Waals surface area contributed by atoms with Crippen LogP contribution in [0.4, 0.5) is 11.8 Å². The first-order valence-corrected chi connectivity index (χ1v) is 16.1. The van der Waals surface area contributed by atoms with E-state index in [2.05, 4.69) is 42.2 Å². The molecular formula is C23H31N10O9PS. The summed E-state index contributed by atoms with van der Waals surface area (Å²) in [5.41, 5.74) is 10.7. The van der Waals surface area contributed by atoms with Crippen LogP contribution in [-0.4, -0.2) is 99.6 Å². The second kappa shape index (κ2) is 11.6. The Hall–Kier alpha value is -3.20. The Balaban J connectivity index is 1.15. The molecule has 6 heterocycles. The molecule has 6 rings (SSSR count).